The van der Waals surface area contributed by atoms with E-state index in [4.69, 9.17) is 0 Å². The molecule has 1 unspecified atom stereocenters. The van der Waals surface area contributed by atoms with Crippen LogP contribution in [0.1, 0.15) is 17.4 Å². The largest absolute Gasteiger partial charge is 0.388 e. The van der Waals surface area contributed by atoms with E-state index in [1.807, 2.05) is 37.5 Å². The minimum Gasteiger partial charge on any atom is -0.388 e. The third-order valence-corrected chi connectivity index (χ3v) is 3.67. The van der Waals surface area contributed by atoms with Crippen LogP contribution in [0.4, 0.5) is 0 Å². The van der Waals surface area contributed by atoms with Crippen LogP contribution in [-0.2, 0) is 13.5 Å². The van der Waals surface area contributed by atoms with Crippen LogP contribution in [0, 0.1) is 0 Å². The summed E-state index contributed by atoms with van der Waals surface area (Å²) < 4.78 is 3.62. The van der Waals surface area contributed by atoms with Gasteiger partial charge in [-0.3, -0.25) is 4.68 Å². The molecule has 1 atom stereocenters. The number of aromatic nitrogens is 2. The van der Waals surface area contributed by atoms with Gasteiger partial charge in [0, 0.05) is 28.6 Å². The highest BCUT2D eigenvalue weighted by Gasteiger charge is 2.13. The van der Waals surface area contributed by atoms with Crippen molar-refractivity contribution in [3.05, 3.63) is 50.7 Å². The van der Waals surface area contributed by atoms with Gasteiger partial charge in [-0.25, -0.2) is 0 Å². The molecule has 0 spiro atoms. The maximum Gasteiger partial charge on any atom is 0.0857 e. The molecule has 0 amide bonds. The van der Waals surface area contributed by atoms with Gasteiger partial charge in [0.15, 0.2) is 0 Å². The van der Waals surface area contributed by atoms with E-state index in [-0.39, 0.29) is 0 Å². The summed E-state index contributed by atoms with van der Waals surface area (Å²) in [7, 11) is 1.87. The molecular formula is C12H12Br2N2O. The number of nitrogens with zero attached hydrogens (tertiary/aromatic N) is 2. The maximum absolute atomic E-state index is 10.2. The molecule has 17 heavy (non-hydrogen) atoms. The Morgan fingerprint density at radius 3 is 2.71 bits per heavy atom. The first kappa shape index (κ1) is 12.8. The lowest BCUT2D eigenvalue weighted by molar-refractivity contribution is 0.176. The molecule has 1 aromatic carbocycles. The predicted molar refractivity (Wildman–Crippen MR) is 73.7 cm³/mol. The van der Waals surface area contributed by atoms with E-state index in [0.29, 0.717) is 6.42 Å². The van der Waals surface area contributed by atoms with Gasteiger partial charge in [0.25, 0.3) is 0 Å². The summed E-state index contributed by atoms with van der Waals surface area (Å²) in [4.78, 5) is 0. The molecule has 0 fully saturated rings. The third-order valence-electron chi connectivity index (χ3n) is 2.49. The first-order valence-corrected chi connectivity index (χ1v) is 6.76. The fraction of sp³-hybridized carbons (Fsp3) is 0.250. The third kappa shape index (κ3) is 3.18. The van der Waals surface area contributed by atoms with Crippen molar-refractivity contribution in [2.24, 2.45) is 7.05 Å². The molecule has 3 nitrogen and oxygen atoms in total. The van der Waals surface area contributed by atoms with Gasteiger partial charge in [-0.15, -0.1) is 0 Å². The number of hydrogen-bond acceptors (Lipinski definition) is 2. The Hall–Kier alpha value is -0.650. The monoisotopic (exact) mass is 358 g/mol. The van der Waals surface area contributed by atoms with Crippen LogP contribution in [0.15, 0.2) is 39.4 Å². The van der Waals surface area contributed by atoms with Crippen LogP contribution < -0.4 is 0 Å². The summed E-state index contributed by atoms with van der Waals surface area (Å²) >= 11 is 6.84. The van der Waals surface area contributed by atoms with Crippen molar-refractivity contribution in [2.75, 3.05) is 0 Å². The molecule has 1 N–H and O–H groups in total. The Bertz CT molecular complexity index is 525. The number of aliphatic hydroxyl groups excluding tert-OH is 1. The predicted octanol–water partition coefficient (Wildman–Crippen LogP) is 3.22. The highest BCUT2D eigenvalue weighted by molar-refractivity contribution is 9.11. The molecule has 0 bridgehead atoms. The summed E-state index contributed by atoms with van der Waals surface area (Å²) in [6.45, 7) is 0. The summed E-state index contributed by atoms with van der Waals surface area (Å²) in [5, 5.41) is 14.4. The second-order valence-corrected chi connectivity index (χ2v) is 5.64. The van der Waals surface area contributed by atoms with Crippen LogP contribution in [0.2, 0.25) is 0 Å². The molecular weight excluding hydrogens is 348 g/mol. The van der Waals surface area contributed by atoms with E-state index in [1.54, 1.807) is 4.68 Å². The van der Waals surface area contributed by atoms with Gasteiger partial charge in [-0.2, -0.15) is 5.10 Å². The van der Waals surface area contributed by atoms with E-state index >= 15 is 0 Å². The molecule has 0 saturated carbocycles. The SMILES string of the molecule is Cn1ccc(CC(O)c2ccc(Br)cc2Br)n1. The molecule has 0 aliphatic heterocycles. The molecule has 0 aliphatic rings. The minimum absolute atomic E-state index is 0.515. The number of hydrogen-bond donors (Lipinski definition) is 1. The van der Waals surface area contributed by atoms with E-state index in [0.717, 1.165) is 20.2 Å². The fourth-order valence-corrected chi connectivity index (χ4v) is 2.96. The van der Waals surface area contributed by atoms with E-state index in [2.05, 4.69) is 37.0 Å². The smallest absolute Gasteiger partial charge is 0.0857 e. The molecule has 0 saturated heterocycles. The lowest BCUT2D eigenvalue weighted by Gasteiger charge is -2.11. The zero-order valence-electron chi connectivity index (χ0n) is 9.27. The van der Waals surface area contributed by atoms with Crippen LogP contribution >= 0.6 is 31.9 Å². The van der Waals surface area contributed by atoms with Crippen molar-refractivity contribution in [1.29, 1.82) is 0 Å². The van der Waals surface area contributed by atoms with Crippen LogP contribution in [0.25, 0.3) is 0 Å². The van der Waals surface area contributed by atoms with Gasteiger partial charge in [0.1, 0.15) is 0 Å². The Labute approximate surface area is 117 Å². The Balaban J connectivity index is 2.17. The summed E-state index contributed by atoms with van der Waals surface area (Å²) in [5.41, 5.74) is 1.76. The average Bonchev–Trinajstić information content (AvgIpc) is 2.63. The van der Waals surface area contributed by atoms with Crippen molar-refractivity contribution < 1.29 is 5.11 Å². The van der Waals surface area contributed by atoms with Gasteiger partial charge in [0.2, 0.25) is 0 Å². The van der Waals surface area contributed by atoms with E-state index in [9.17, 15) is 5.11 Å². The molecule has 2 rings (SSSR count). The fourth-order valence-electron chi connectivity index (χ4n) is 1.65. The molecule has 90 valence electrons. The number of aliphatic hydroxyl groups is 1. The lowest BCUT2D eigenvalue weighted by atomic mass is 10.1. The van der Waals surface area contributed by atoms with Crippen molar-refractivity contribution in [2.45, 2.75) is 12.5 Å². The average molecular weight is 360 g/mol. The number of halogens is 2. The topological polar surface area (TPSA) is 38.0 Å². The first-order chi connectivity index (χ1) is 8.06. The van der Waals surface area contributed by atoms with Gasteiger partial charge in [-0.1, -0.05) is 37.9 Å². The normalized spacial score (nSPS) is 12.7. The van der Waals surface area contributed by atoms with Crippen molar-refractivity contribution >= 4 is 31.9 Å². The highest BCUT2D eigenvalue weighted by Crippen LogP contribution is 2.28. The number of rotatable bonds is 3. The molecule has 0 aliphatic carbocycles. The molecule has 2 aromatic rings. The van der Waals surface area contributed by atoms with Gasteiger partial charge < -0.3 is 5.11 Å². The molecule has 0 radical (unpaired) electrons. The molecule has 1 heterocycles. The van der Waals surface area contributed by atoms with Crippen molar-refractivity contribution in [1.82, 2.24) is 9.78 Å². The van der Waals surface area contributed by atoms with Crippen LogP contribution in [0.3, 0.4) is 0 Å². The summed E-state index contributed by atoms with van der Waals surface area (Å²) in [6.07, 6.45) is 1.84. The first-order valence-electron chi connectivity index (χ1n) is 5.18. The Morgan fingerprint density at radius 2 is 2.12 bits per heavy atom. The van der Waals surface area contributed by atoms with Gasteiger partial charge in [0.05, 0.1) is 11.8 Å². The summed E-state index contributed by atoms with van der Waals surface area (Å²) in [6, 6.07) is 7.66. The van der Waals surface area contributed by atoms with Crippen molar-refractivity contribution in [3.8, 4) is 0 Å². The maximum atomic E-state index is 10.2. The zero-order valence-corrected chi connectivity index (χ0v) is 12.4. The second-order valence-electron chi connectivity index (χ2n) is 3.87. The lowest BCUT2D eigenvalue weighted by Crippen LogP contribution is -2.04. The zero-order chi connectivity index (χ0) is 12.4. The van der Waals surface area contributed by atoms with Crippen LogP contribution in [0.5, 0.6) is 0 Å². The molecule has 1 aromatic heterocycles. The van der Waals surface area contributed by atoms with Crippen molar-refractivity contribution in [3.63, 3.8) is 0 Å². The quantitative estimate of drug-likeness (QED) is 0.913. The second kappa shape index (κ2) is 5.33. The summed E-state index contributed by atoms with van der Waals surface area (Å²) in [5.74, 6) is 0. The Kier molecular flexibility index (Phi) is 4.01. The minimum atomic E-state index is -0.549. The van der Waals surface area contributed by atoms with E-state index < -0.39 is 6.10 Å². The number of benzene rings is 1. The number of aryl methyl sites for hydroxylation is 1. The highest BCUT2D eigenvalue weighted by atomic mass is 79.9. The standard InChI is InChI=1S/C12H12Br2N2O/c1-16-5-4-9(15-16)7-12(17)10-3-2-8(13)6-11(10)14/h2-6,12,17H,7H2,1H3. The van der Waals surface area contributed by atoms with E-state index in [1.165, 1.54) is 0 Å². The van der Waals surface area contributed by atoms with Gasteiger partial charge in [-0.05, 0) is 23.8 Å². The van der Waals surface area contributed by atoms with Crippen LogP contribution in [-0.4, -0.2) is 14.9 Å². The molecule has 5 heteroatoms. The van der Waals surface area contributed by atoms with Gasteiger partial charge >= 0.3 is 0 Å². The Morgan fingerprint density at radius 1 is 1.35 bits per heavy atom.